The maximum Gasteiger partial charge on any atom is 0.119 e. The van der Waals surface area contributed by atoms with E-state index in [1.165, 1.54) is 9.75 Å². The molecule has 1 heterocycles. The molecule has 0 saturated carbocycles. The summed E-state index contributed by atoms with van der Waals surface area (Å²) in [6.07, 6.45) is -0.482. The van der Waals surface area contributed by atoms with E-state index in [-0.39, 0.29) is 6.04 Å². The van der Waals surface area contributed by atoms with E-state index in [0.717, 1.165) is 11.4 Å². The molecule has 0 saturated heterocycles. The molecule has 1 aromatic heterocycles. The van der Waals surface area contributed by atoms with Crippen LogP contribution >= 0.6 is 11.3 Å². The predicted octanol–water partition coefficient (Wildman–Crippen LogP) is 3.53. The van der Waals surface area contributed by atoms with Gasteiger partial charge in [0.1, 0.15) is 18.5 Å². The van der Waals surface area contributed by atoms with Crippen molar-refractivity contribution in [3.8, 4) is 5.75 Å². The Labute approximate surface area is 142 Å². The smallest absolute Gasteiger partial charge is 0.119 e. The van der Waals surface area contributed by atoms with Crippen LogP contribution in [-0.2, 0) is 0 Å². The predicted molar refractivity (Wildman–Crippen MR) is 97.6 cm³/mol. The van der Waals surface area contributed by atoms with Crippen LogP contribution in [0.3, 0.4) is 0 Å². The van der Waals surface area contributed by atoms with Gasteiger partial charge >= 0.3 is 0 Å². The van der Waals surface area contributed by atoms with E-state index in [4.69, 9.17) is 4.74 Å². The molecule has 0 aliphatic rings. The summed E-state index contributed by atoms with van der Waals surface area (Å²) in [5.74, 6) is 0.771. The van der Waals surface area contributed by atoms with Crippen LogP contribution < -0.4 is 10.1 Å². The lowest BCUT2D eigenvalue weighted by molar-refractivity contribution is 0.0831. The zero-order chi connectivity index (χ0) is 16.8. The van der Waals surface area contributed by atoms with Crippen LogP contribution in [-0.4, -0.2) is 43.4 Å². The molecule has 0 aliphatic heterocycles. The molecule has 2 aromatic rings. The highest BCUT2D eigenvalue weighted by Gasteiger charge is 2.09. The van der Waals surface area contributed by atoms with Crippen LogP contribution in [0, 0.1) is 6.92 Å². The number of anilines is 1. The van der Waals surface area contributed by atoms with Gasteiger partial charge in [-0.1, -0.05) is 0 Å². The number of benzene rings is 1. The summed E-state index contributed by atoms with van der Waals surface area (Å²) in [7, 11) is 3.86. The van der Waals surface area contributed by atoms with E-state index in [9.17, 15) is 5.11 Å². The molecular weight excluding hydrogens is 308 g/mol. The van der Waals surface area contributed by atoms with Crippen LogP contribution in [0.4, 0.5) is 5.69 Å². The second-order valence-electron chi connectivity index (χ2n) is 6.07. The van der Waals surface area contributed by atoms with Gasteiger partial charge in [0.05, 0.1) is 6.04 Å². The molecule has 2 unspecified atom stereocenters. The van der Waals surface area contributed by atoms with Gasteiger partial charge in [0, 0.05) is 22.0 Å². The number of rotatable bonds is 8. The first-order chi connectivity index (χ1) is 10.9. The molecule has 23 heavy (non-hydrogen) atoms. The Bertz CT molecular complexity index is 595. The normalized spacial score (nSPS) is 13.8. The molecule has 4 nitrogen and oxygen atoms in total. The fourth-order valence-corrected chi connectivity index (χ4v) is 3.20. The van der Waals surface area contributed by atoms with Crippen molar-refractivity contribution in [2.75, 3.05) is 32.6 Å². The quantitative estimate of drug-likeness (QED) is 0.775. The summed E-state index contributed by atoms with van der Waals surface area (Å²) in [5, 5.41) is 13.3. The van der Waals surface area contributed by atoms with Gasteiger partial charge < -0.3 is 20.1 Å². The van der Waals surface area contributed by atoms with Crippen LogP contribution in [0.25, 0.3) is 0 Å². The monoisotopic (exact) mass is 334 g/mol. The van der Waals surface area contributed by atoms with Crippen LogP contribution in [0.2, 0.25) is 0 Å². The van der Waals surface area contributed by atoms with E-state index in [1.807, 2.05) is 54.6 Å². The van der Waals surface area contributed by atoms with Crippen LogP contribution in [0.5, 0.6) is 5.75 Å². The number of likely N-dealkylation sites (N-methyl/N-ethyl adjacent to an activating group) is 1. The topological polar surface area (TPSA) is 44.7 Å². The Balaban J connectivity index is 1.84. The van der Waals surface area contributed by atoms with E-state index in [0.29, 0.717) is 13.2 Å². The van der Waals surface area contributed by atoms with Crippen molar-refractivity contribution in [2.24, 2.45) is 0 Å². The minimum atomic E-state index is -0.482. The van der Waals surface area contributed by atoms with E-state index in [2.05, 4.69) is 31.3 Å². The van der Waals surface area contributed by atoms with Gasteiger partial charge in [0.25, 0.3) is 0 Å². The molecular formula is C18H26N2O2S. The zero-order valence-electron chi connectivity index (χ0n) is 14.2. The number of hydrogen-bond donors (Lipinski definition) is 2. The molecule has 126 valence electrons. The maximum absolute atomic E-state index is 9.80. The Morgan fingerprint density at radius 1 is 1.17 bits per heavy atom. The average Bonchev–Trinajstić information content (AvgIpc) is 2.92. The molecule has 0 radical (unpaired) electrons. The van der Waals surface area contributed by atoms with Gasteiger partial charge in [0.15, 0.2) is 0 Å². The Morgan fingerprint density at radius 3 is 2.43 bits per heavy atom. The van der Waals surface area contributed by atoms with E-state index < -0.39 is 6.10 Å². The Hall–Kier alpha value is -1.56. The van der Waals surface area contributed by atoms with Crippen molar-refractivity contribution in [3.63, 3.8) is 0 Å². The largest absolute Gasteiger partial charge is 0.491 e. The fourth-order valence-electron chi connectivity index (χ4n) is 2.32. The summed E-state index contributed by atoms with van der Waals surface area (Å²) in [5.41, 5.74) is 1.06. The first-order valence-corrected chi connectivity index (χ1v) is 8.64. The Morgan fingerprint density at radius 2 is 1.87 bits per heavy atom. The molecule has 0 spiro atoms. The number of ether oxygens (including phenoxy) is 1. The molecule has 1 aromatic carbocycles. The SMILES string of the molecule is Cc1ccc(C(C)Nc2ccc(OCC(O)CN(C)C)cc2)s1. The molecule has 2 N–H and O–H groups in total. The molecule has 5 heteroatoms. The third-order valence-corrected chi connectivity index (χ3v) is 4.63. The lowest BCUT2D eigenvalue weighted by Gasteiger charge is -2.17. The van der Waals surface area contributed by atoms with Crippen molar-refractivity contribution in [3.05, 3.63) is 46.2 Å². The van der Waals surface area contributed by atoms with Gasteiger partial charge in [0.2, 0.25) is 0 Å². The molecule has 2 rings (SSSR count). The summed E-state index contributed by atoms with van der Waals surface area (Å²) in [6, 6.07) is 12.5. The third kappa shape index (κ3) is 5.86. The lowest BCUT2D eigenvalue weighted by Crippen LogP contribution is -2.30. The number of nitrogens with zero attached hydrogens (tertiary/aromatic N) is 1. The van der Waals surface area contributed by atoms with Gasteiger partial charge in [-0.3, -0.25) is 0 Å². The van der Waals surface area contributed by atoms with E-state index in [1.54, 1.807) is 0 Å². The van der Waals surface area contributed by atoms with Crippen molar-refractivity contribution >= 4 is 17.0 Å². The van der Waals surface area contributed by atoms with Crippen molar-refractivity contribution in [1.82, 2.24) is 4.90 Å². The molecule has 2 atom stereocenters. The standard InChI is InChI=1S/C18H26N2O2S/c1-13-5-10-18(23-13)14(2)19-15-6-8-17(9-7-15)22-12-16(21)11-20(3)4/h5-10,14,16,19,21H,11-12H2,1-4H3. The summed E-state index contributed by atoms with van der Waals surface area (Å²) >= 11 is 1.82. The average molecular weight is 334 g/mol. The highest BCUT2D eigenvalue weighted by atomic mass is 32.1. The number of hydrogen-bond acceptors (Lipinski definition) is 5. The van der Waals surface area contributed by atoms with Crippen LogP contribution in [0.1, 0.15) is 22.7 Å². The summed E-state index contributed by atoms with van der Waals surface area (Å²) in [6.45, 7) is 5.18. The minimum absolute atomic E-state index is 0.280. The molecule has 0 amide bonds. The second kappa shape index (κ2) is 8.34. The number of aliphatic hydroxyl groups excluding tert-OH is 1. The van der Waals surface area contributed by atoms with Gasteiger partial charge in [-0.05, 0) is 64.3 Å². The van der Waals surface area contributed by atoms with Gasteiger partial charge in [-0.15, -0.1) is 11.3 Å². The first kappa shape index (κ1) is 17.8. The van der Waals surface area contributed by atoms with Crippen molar-refractivity contribution < 1.29 is 9.84 Å². The maximum atomic E-state index is 9.80. The zero-order valence-corrected chi connectivity index (χ0v) is 15.1. The van der Waals surface area contributed by atoms with Gasteiger partial charge in [-0.2, -0.15) is 0 Å². The lowest BCUT2D eigenvalue weighted by atomic mass is 10.2. The molecule has 0 fully saturated rings. The van der Waals surface area contributed by atoms with Gasteiger partial charge in [-0.25, -0.2) is 0 Å². The summed E-state index contributed by atoms with van der Waals surface area (Å²) < 4.78 is 5.61. The minimum Gasteiger partial charge on any atom is -0.491 e. The summed E-state index contributed by atoms with van der Waals surface area (Å²) in [4.78, 5) is 4.60. The highest BCUT2D eigenvalue weighted by Crippen LogP contribution is 2.26. The first-order valence-electron chi connectivity index (χ1n) is 7.82. The fraction of sp³-hybridized carbons (Fsp3) is 0.444. The number of aliphatic hydroxyl groups is 1. The second-order valence-corrected chi connectivity index (χ2v) is 7.39. The van der Waals surface area contributed by atoms with Crippen LogP contribution in [0.15, 0.2) is 36.4 Å². The highest BCUT2D eigenvalue weighted by molar-refractivity contribution is 7.12. The number of nitrogens with one attached hydrogen (secondary N) is 1. The molecule has 0 aliphatic carbocycles. The third-order valence-electron chi connectivity index (χ3n) is 3.44. The van der Waals surface area contributed by atoms with Crippen molar-refractivity contribution in [1.29, 1.82) is 0 Å². The Kier molecular flexibility index (Phi) is 6.45. The number of thiophene rings is 1. The van der Waals surface area contributed by atoms with E-state index >= 15 is 0 Å². The van der Waals surface area contributed by atoms with Crippen molar-refractivity contribution in [2.45, 2.75) is 26.0 Å². The number of aryl methyl sites for hydroxylation is 1. The molecule has 0 bridgehead atoms.